The number of benzene rings is 11. The maximum absolute atomic E-state index is 2.41. The SMILES string of the molecule is c1ccc(-c2cccc(-c3ccc(N(c4ccc(-c5cccc(-n6c7ccccc7c7ccccc76)c5)cc4)c4ccccc4-c4ccccc4-c4ccccc4-c4ccccc4)cc3)c2)cc1. The van der Waals surface area contributed by atoms with Crippen LogP contribution in [0.15, 0.2) is 279 Å². The molecule has 0 saturated heterocycles. The van der Waals surface area contributed by atoms with Crippen LogP contribution in [0.1, 0.15) is 0 Å². The number of fused-ring (bicyclic) bond motifs is 3. The maximum atomic E-state index is 2.41. The van der Waals surface area contributed by atoms with Crippen LogP contribution in [-0.2, 0) is 0 Å². The highest BCUT2D eigenvalue weighted by atomic mass is 15.1. The average Bonchev–Trinajstić information content (AvgIpc) is 3.76. The van der Waals surface area contributed by atoms with Crippen molar-refractivity contribution in [1.82, 2.24) is 4.57 Å². The number of nitrogens with zero attached hydrogens (tertiary/aromatic N) is 2. The second-order valence-corrected chi connectivity index (χ2v) is 17.3. The van der Waals surface area contributed by atoms with Crippen LogP contribution < -0.4 is 4.90 Å². The average molecular weight is 867 g/mol. The summed E-state index contributed by atoms with van der Waals surface area (Å²) in [6.45, 7) is 0. The Hall–Kier alpha value is -8.98. The first kappa shape index (κ1) is 40.5. The molecular weight excluding hydrogens is 821 g/mol. The van der Waals surface area contributed by atoms with Crippen LogP contribution in [0.3, 0.4) is 0 Å². The van der Waals surface area contributed by atoms with Gasteiger partial charge in [0.25, 0.3) is 0 Å². The van der Waals surface area contributed by atoms with E-state index in [4.69, 9.17) is 0 Å². The minimum absolute atomic E-state index is 1.07. The Morgan fingerprint density at radius 2 is 0.618 bits per heavy atom. The predicted molar refractivity (Wildman–Crippen MR) is 288 cm³/mol. The molecule has 0 aliphatic heterocycles. The molecule has 2 nitrogen and oxygen atoms in total. The van der Waals surface area contributed by atoms with E-state index in [1.54, 1.807) is 0 Å². The Bertz CT molecular complexity index is 3660. The zero-order chi connectivity index (χ0) is 45.2. The van der Waals surface area contributed by atoms with Crippen LogP contribution in [0.5, 0.6) is 0 Å². The normalized spacial score (nSPS) is 11.2. The van der Waals surface area contributed by atoms with E-state index in [0.29, 0.717) is 0 Å². The molecular formula is C66H46N2. The third-order valence-corrected chi connectivity index (χ3v) is 13.2. The molecule has 11 aromatic carbocycles. The van der Waals surface area contributed by atoms with Gasteiger partial charge in [-0.15, -0.1) is 0 Å². The van der Waals surface area contributed by atoms with Crippen molar-refractivity contribution in [1.29, 1.82) is 0 Å². The van der Waals surface area contributed by atoms with Gasteiger partial charge in [-0.25, -0.2) is 0 Å². The minimum Gasteiger partial charge on any atom is -0.310 e. The van der Waals surface area contributed by atoms with E-state index in [9.17, 15) is 0 Å². The summed E-state index contributed by atoms with van der Waals surface area (Å²) in [5, 5.41) is 2.52. The molecule has 1 aromatic heterocycles. The molecule has 0 atom stereocenters. The lowest BCUT2D eigenvalue weighted by Crippen LogP contribution is -2.11. The van der Waals surface area contributed by atoms with E-state index in [-0.39, 0.29) is 0 Å². The molecule has 12 rings (SSSR count). The summed E-state index contributed by atoms with van der Waals surface area (Å²) in [5.41, 5.74) is 21.0. The van der Waals surface area contributed by atoms with E-state index in [0.717, 1.165) is 39.4 Å². The lowest BCUT2D eigenvalue weighted by Gasteiger charge is -2.29. The number of rotatable bonds is 10. The summed E-state index contributed by atoms with van der Waals surface area (Å²) in [4.78, 5) is 2.41. The standard InChI is InChI=1S/C66H46N2/c1-3-19-47(20-4-1)51-23-17-24-52(45-51)48-37-41-54(42-38-48)67(64-34-14-11-31-61(64)60-30-10-9-29-59(60)58-28-8-7-27-57(58)50-21-5-2-6-22-50)55-43-39-49(40-44-55)53-25-18-26-56(46-53)68-65-35-15-12-32-62(65)63-33-13-16-36-66(63)68/h1-46H. The highest BCUT2D eigenvalue weighted by molar-refractivity contribution is 6.09. The van der Waals surface area contributed by atoms with Crippen LogP contribution in [0.4, 0.5) is 17.1 Å². The lowest BCUT2D eigenvalue weighted by molar-refractivity contribution is 1.18. The molecule has 0 fully saturated rings. The van der Waals surface area contributed by atoms with Gasteiger partial charge in [0.2, 0.25) is 0 Å². The first-order chi connectivity index (χ1) is 33.7. The number of hydrogen-bond donors (Lipinski definition) is 0. The van der Waals surface area contributed by atoms with Gasteiger partial charge in [-0.3, -0.25) is 0 Å². The van der Waals surface area contributed by atoms with Crippen molar-refractivity contribution in [3.8, 4) is 72.4 Å². The van der Waals surface area contributed by atoms with Gasteiger partial charge >= 0.3 is 0 Å². The number of hydrogen-bond acceptors (Lipinski definition) is 1. The molecule has 320 valence electrons. The monoisotopic (exact) mass is 866 g/mol. The topological polar surface area (TPSA) is 8.17 Å². The van der Waals surface area contributed by atoms with E-state index < -0.39 is 0 Å². The van der Waals surface area contributed by atoms with Gasteiger partial charge in [0.1, 0.15) is 0 Å². The largest absolute Gasteiger partial charge is 0.310 e. The summed E-state index contributed by atoms with van der Waals surface area (Å²) >= 11 is 0. The predicted octanol–water partition coefficient (Wildman–Crippen LogP) is 18.3. The van der Waals surface area contributed by atoms with Gasteiger partial charge in [-0.2, -0.15) is 0 Å². The summed E-state index contributed by atoms with van der Waals surface area (Å²) in [6, 6.07) is 101. The molecule has 0 N–H and O–H groups in total. The third-order valence-electron chi connectivity index (χ3n) is 13.2. The van der Waals surface area contributed by atoms with Crippen LogP contribution >= 0.6 is 0 Å². The molecule has 1 heterocycles. The van der Waals surface area contributed by atoms with Crippen LogP contribution in [0, 0.1) is 0 Å². The van der Waals surface area contributed by atoms with Gasteiger partial charge in [0.15, 0.2) is 0 Å². The fourth-order valence-electron chi connectivity index (χ4n) is 10.0. The number of anilines is 3. The Labute approximate surface area is 397 Å². The molecule has 0 bridgehead atoms. The number of para-hydroxylation sites is 3. The first-order valence-electron chi connectivity index (χ1n) is 23.3. The van der Waals surface area contributed by atoms with Gasteiger partial charge in [0.05, 0.1) is 16.7 Å². The Morgan fingerprint density at radius 3 is 1.19 bits per heavy atom. The molecule has 0 amide bonds. The van der Waals surface area contributed by atoms with Gasteiger partial charge < -0.3 is 9.47 Å². The van der Waals surface area contributed by atoms with Crippen molar-refractivity contribution in [3.05, 3.63) is 279 Å². The smallest absolute Gasteiger partial charge is 0.0541 e. The molecule has 12 aromatic rings. The van der Waals surface area contributed by atoms with Crippen molar-refractivity contribution in [2.24, 2.45) is 0 Å². The molecule has 68 heavy (non-hydrogen) atoms. The number of aromatic nitrogens is 1. The molecule has 0 radical (unpaired) electrons. The Kier molecular flexibility index (Phi) is 10.6. The maximum Gasteiger partial charge on any atom is 0.0541 e. The molecule has 0 unspecified atom stereocenters. The minimum atomic E-state index is 1.07. The molecule has 2 heteroatoms. The summed E-state index contributed by atoms with van der Waals surface area (Å²) < 4.78 is 2.39. The van der Waals surface area contributed by atoms with Gasteiger partial charge in [-0.1, -0.05) is 218 Å². The highest BCUT2D eigenvalue weighted by Crippen LogP contribution is 2.46. The summed E-state index contributed by atoms with van der Waals surface area (Å²) in [5.74, 6) is 0. The Balaban J connectivity index is 0.972. The molecule has 0 saturated carbocycles. The fraction of sp³-hybridized carbons (Fsp3) is 0. The zero-order valence-electron chi connectivity index (χ0n) is 37.5. The van der Waals surface area contributed by atoms with E-state index in [2.05, 4.69) is 289 Å². The molecule has 0 spiro atoms. The quantitative estimate of drug-likeness (QED) is 0.133. The molecule has 0 aliphatic carbocycles. The summed E-state index contributed by atoms with van der Waals surface area (Å²) in [7, 11) is 0. The van der Waals surface area contributed by atoms with Crippen molar-refractivity contribution in [3.63, 3.8) is 0 Å². The van der Waals surface area contributed by atoms with Crippen molar-refractivity contribution >= 4 is 38.9 Å². The zero-order valence-corrected chi connectivity index (χ0v) is 37.5. The van der Waals surface area contributed by atoms with Gasteiger partial charge in [-0.05, 0) is 122 Å². The van der Waals surface area contributed by atoms with E-state index in [1.807, 2.05) is 0 Å². The second-order valence-electron chi connectivity index (χ2n) is 17.3. The third kappa shape index (κ3) is 7.54. The van der Waals surface area contributed by atoms with Gasteiger partial charge in [0, 0.05) is 33.4 Å². The Morgan fingerprint density at radius 1 is 0.235 bits per heavy atom. The summed E-state index contributed by atoms with van der Waals surface area (Å²) in [6.07, 6.45) is 0. The molecule has 0 aliphatic rings. The van der Waals surface area contributed by atoms with Crippen LogP contribution in [-0.4, -0.2) is 4.57 Å². The van der Waals surface area contributed by atoms with Crippen molar-refractivity contribution in [2.45, 2.75) is 0 Å². The first-order valence-corrected chi connectivity index (χ1v) is 23.3. The highest BCUT2D eigenvalue weighted by Gasteiger charge is 2.21. The lowest BCUT2D eigenvalue weighted by atomic mass is 9.88. The van der Waals surface area contributed by atoms with Crippen LogP contribution in [0.25, 0.3) is 94.3 Å². The van der Waals surface area contributed by atoms with E-state index in [1.165, 1.54) is 71.9 Å². The second kappa shape index (κ2) is 17.8. The van der Waals surface area contributed by atoms with E-state index >= 15 is 0 Å². The van der Waals surface area contributed by atoms with Crippen molar-refractivity contribution < 1.29 is 0 Å². The van der Waals surface area contributed by atoms with Crippen molar-refractivity contribution in [2.75, 3.05) is 4.90 Å². The van der Waals surface area contributed by atoms with Crippen LogP contribution in [0.2, 0.25) is 0 Å². The fourth-order valence-corrected chi connectivity index (χ4v) is 10.0.